The lowest BCUT2D eigenvalue weighted by atomic mass is 10.1. The lowest BCUT2D eigenvalue weighted by Crippen LogP contribution is -2.50. The Hall–Kier alpha value is -2.12. The number of hydrogen-bond acceptors (Lipinski definition) is 4. The van der Waals surface area contributed by atoms with Gasteiger partial charge in [-0.05, 0) is 33.3 Å². The largest absolute Gasteiger partial charge is 0.373 e. The Balaban J connectivity index is 1.65. The summed E-state index contributed by atoms with van der Waals surface area (Å²) in [4.78, 5) is 21.5. The number of nitrogens with one attached hydrogen (secondary N) is 2. The number of carbonyl (C=O) groups excluding carboxylic acids is 1. The average molecular weight is 402 g/mol. The van der Waals surface area contributed by atoms with Gasteiger partial charge in [0.05, 0.1) is 18.8 Å². The number of rotatable bonds is 5. The Bertz CT molecular complexity index is 701. The number of fused-ring (bicyclic) bond motifs is 1. The molecular formula is C22H35N5O2. The molecule has 2 fully saturated rings. The highest BCUT2D eigenvalue weighted by Gasteiger charge is 2.41. The van der Waals surface area contributed by atoms with Crippen LogP contribution in [0.2, 0.25) is 0 Å². The Kier molecular flexibility index (Phi) is 7.14. The molecule has 7 nitrogen and oxygen atoms in total. The molecule has 0 aromatic heterocycles. The Morgan fingerprint density at radius 3 is 2.69 bits per heavy atom. The molecule has 2 aliphatic heterocycles. The summed E-state index contributed by atoms with van der Waals surface area (Å²) < 4.78 is 6.07. The zero-order valence-corrected chi connectivity index (χ0v) is 18.1. The van der Waals surface area contributed by atoms with Gasteiger partial charge >= 0.3 is 0 Å². The van der Waals surface area contributed by atoms with Gasteiger partial charge in [0, 0.05) is 38.3 Å². The number of amides is 1. The van der Waals surface area contributed by atoms with E-state index in [1.54, 1.807) is 0 Å². The summed E-state index contributed by atoms with van der Waals surface area (Å²) in [5.74, 6) is 0.723. The SMILES string of the molecule is CCNC(=NCC(=O)NC(C)(C)C)N1CC2OCCN(Cc3ccccc3)C2C1. The van der Waals surface area contributed by atoms with Crippen molar-refractivity contribution in [2.45, 2.75) is 51.9 Å². The highest BCUT2D eigenvalue weighted by atomic mass is 16.5. The molecule has 2 saturated heterocycles. The van der Waals surface area contributed by atoms with Gasteiger partial charge in [0.25, 0.3) is 0 Å². The predicted octanol–water partition coefficient (Wildman–Crippen LogP) is 1.45. The first kappa shape index (κ1) is 21.6. The van der Waals surface area contributed by atoms with Crippen LogP contribution in [0.3, 0.4) is 0 Å². The van der Waals surface area contributed by atoms with Gasteiger partial charge in [-0.25, -0.2) is 4.99 Å². The van der Waals surface area contributed by atoms with E-state index in [0.29, 0.717) is 6.04 Å². The molecule has 0 radical (unpaired) electrons. The van der Waals surface area contributed by atoms with Crippen LogP contribution in [0.15, 0.2) is 35.3 Å². The summed E-state index contributed by atoms with van der Waals surface area (Å²) in [5.41, 5.74) is 1.07. The highest BCUT2D eigenvalue weighted by Crippen LogP contribution is 2.24. The van der Waals surface area contributed by atoms with Crippen LogP contribution in [-0.2, 0) is 16.1 Å². The Labute approximate surface area is 174 Å². The molecule has 2 unspecified atom stereocenters. The smallest absolute Gasteiger partial charge is 0.242 e. The summed E-state index contributed by atoms with van der Waals surface area (Å²) in [6, 6.07) is 10.9. The summed E-state index contributed by atoms with van der Waals surface area (Å²) in [6.07, 6.45) is 0.166. The van der Waals surface area contributed by atoms with Gasteiger partial charge in [-0.15, -0.1) is 0 Å². The number of benzene rings is 1. The van der Waals surface area contributed by atoms with E-state index >= 15 is 0 Å². The monoisotopic (exact) mass is 401 g/mol. The molecule has 2 N–H and O–H groups in total. The lowest BCUT2D eigenvalue weighted by Gasteiger charge is -2.36. The molecule has 7 heteroatoms. The van der Waals surface area contributed by atoms with Crippen molar-refractivity contribution in [3.8, 4) is 0 Å². The Morgan fingerprint density at radius 1 is 1.24 bits per heavy atom. The number of morpholine rings is 1. The molecule has 0 bridgehead atoms. The molecule has 1 aromatic carbocycles. The molecular weight excluding hydrogens is 366 g/mol. The molecule has 29 heavy (non-hydrogen) atoms. The van der Waals surface area contributed by atoms with Crippen LogP contribution < -0.4 is 10.6 Å². The molecule has 2 atom stereocenters. The van der Waals surface area contributed by atoms with Crippen LogP contribution in [-0.4, -0.2) is 78.7 Å². The zero-order chi connectivity index (χ0) is 20.9. The second-order valence-corrected chi connectivity index (χ2v) is 8.81. The van der Waals surface area contributed by atoms with Crippen molar-refractivity contribution in [3.05, 3.63) is 35.9 Å². The van der Waals surface area contributed by atoms with Gasteiger partial charge < -0.3 is 20.3 Å². The first-order chi connectivity index (χ1) is 13.9. The second kappa shape index (κ2) is 9.59. The van der Waals surface area contributed by atoms with Gasteiger partial charge in [0.1, 0.15) is 6.54 Å². The summed E-state index contributed by atoms with van der Waals surface area (Å²) in [5, 5.41) is 6.31. The van der Waals surface area contributed by atoms with Crippen LogP contribution in [0.25, 0.3) is 0 Å². The van der Waals surface area contributed by atoms with Crippen molar-refractivity contribution in [2.75, 3.05) is 39.3 Å². The number of nitrogens with zero attached hydrogens (tertiary/aromatic N) is 3. The minimum absolute atomic E-state index is 0.0635. The fourth-order valence-electron chi connectivity index (χ4n) is 3.98. The topological polar surface area (TPSA) is 69.2 Å². The molecule has 1 amide bonds. The third-order valence-corrected chi connectivity index (χ3v) is 5.17. The van der Waals surface area contributed by atoms with E-state index in [-0.39, 0.29) is 24.1 Å². The van der Waals surface area contributed by atoms with Gasteiger partial charge in [0.2, 0.25) is 5.91 Å². The third-order valence-electron chi connectivity index (χ3n) is 5.17. The fourth-order valence-corrected chi connectivity index (χ4v) is 3.98. The maximum absolute atomic E-state index is 12.2. The summed E-state index contributed by atoms with van der Waals surface area (Å²) in [7, 11) is 0. The van der Waals surface area contributed by atoms with Crippen LogP contribution in [0.5, 0.6) is 0 Å². The maximum Gasteiger partial charge on any atom is 0.242 e. The number of aliphatic imine (C=N–C) groups is 1. The molecule has 0 saturated carbocycles. The third kappa shape index (κ3) is 6.18. The fraction of sp³-hybridized carbons (Fsp3) is 0.636. The molecule has 2 heterocycles. The second-order valence-electron chi connectivity index (χ2n) is 8.81. The van der Waals surface area contributed by atoms with Gasteiger partial charge in [-0.3, -0.25) is 9.69 Å². The maximum atomic E-state index is 12.2. The summed E-state index contributed by atoms with van der Waals surface area (Å²) >= 11 is 0. The number of guanidine groups is 1. The minimum atomic E-state index is -0.251. The standard InChI is InChI=1S/C22H35N5O2/c1-5-23-21(24-13-20(28)25-22(2,3)4)27-15-18-19(16-27)29-12-11-26(18)14-17-9-7-6-8-10-17/h6-10,18-19H,5,11-16H2,1-4H3,(H,23,24)(H,25,28). The Morgan fingerprint density at radius 2 is 2.00 bits per heavy atom. The quantitative estimate of drug-likeness (QED) is 0.577. The lowest BCUT2D eigenvalue weighted by molar-refractivity contribution is -0.121. The van der Waals surface area contributed by atoms with E-state index in [1.165, 1.54) is 5.56 Å². The van der Waals surface area contributed by atoms with Crippen LogP contribution in [0.4, 0.5) is 0 Å². The van der Waals surface area contributed by atoms with Crippen molar-refractivity contribution in [2.24, 2.45) is 4.99 Å². The molecule has 0 aliphatic carbocycles. The van der Waals surface area contributed by atoms with Crippen molar-refractivity contribution in [3.63, 3.8) is 0 Å². The summed E-state index contributed by atoms with van der Waals surface area (Å²) in [6.45, 7) is 13.1. The number of ether oxygens (including phenoxy) is 1. The van der Waals surface area contributed by atoms with Gasteiger partial charge in [-0.1, -0.05) is 30.3 Å². The van der Waals surface area contributed by atoms with Crippen molar-refractivity contribution in [1.29, 1.82) is 0 Å². The van der Waals surface area contributed by atoms with Crippen LogP contribution >= 0.6 is 0 Å². The molecule has 2 aliphatic rings. The zero-order valence-electron chi connectivity index (χ0n) is 18.1. The average Bonchev–Trinajstić information content (AvgIpc) is 3.10. The van der Waals surface area contributed by atoms with Crippen molar-refractivity contribution in [1.82, 2.24) is 20.4 Å². The van der Waals surface area contributed by atoms with Gasteiger partial charge in [-0.2, -0.15) is 0 Å². The van der Waals surface area contributed by atoms with Crippen molar-refractivity contribution < 1.29 is 9.53 Å². The first-order valence-corrected chi connectivity index (χ1v) is 10.6. The highest BCUT2D eigenvalue weighted by molar-refractivity contribution is 5.85. The van der Waals surface area contributed by atoms with E-state index < -0.39 is 0 Å². The molecule has 3 rings (SSSR count). The van der Waals surface area contributed by atoms with Crippen molar-refractivity contribution >= 4 is 11.9 Å². The number of hydrogen-bond donors (Lipinski definition) is 2. The first-order valence-electron chi connectivity index (χ1n) is 10.6. The molecule has 0 spiro atoms. The van der Waals surface area contributed by atoms with E-state index in [1.807, 2.05) is 27.7 Å². The van der Waals surface area contributed by atoms with E-state index in [9.17, 15) is 4.79 Å². The van der Waals surface area contributed by atoms with Gasteiger partial charge in [0.15, 0.2) is 5.96 Å². The molecule has 160 valence electrons. The number of likely N-dealkylation sites (tertiary alicyclic amines) is 1. The van der Waals surface area contributed by atoms with E-state index in [4.69, 9.17) is 4.74 Å². The van der Waals surface area contributed by atoms with Crippen LogP contribution in [0, 0.1) is 0 Å². The molecule has 1 aromatic rings. The minimum Gasteiger partial charge on any atom is -0.373 e. The number of carbonyl (C=O) groups is 1. The predicted molar refractivity (Wildman–Crippen MR) is 116 cm³/mol. The van der Waals surface area contributed by atoms with Crippen LogP contribution in [0.1, 0.15) is 33.3 Å². The van der Waals surface area contributed by atoms with E-state index in [2.05, 4.69) is 55.8 Å². The normalized spacial score (nSPS) is 23.0. The van der Waals surface area contributed by atoms with E-state index in [0.717, 1.165) is 45.3 Å².